The van der Waals surface area contributed by atoms with Crippen molar-refractivity contribution in [2.45, 2.75) is 45.6 Å². The highest BCUT2D eigenvalue weighted by Crippen LogP contribution is 2.37. The smallest absolute Gasteiger partial charge is 0.224 e. The molecule has 0 unspecified atom stereocenters. The highest BCUT2D eigenvalue weighted by molar-refractivity contribution is 5.45. The van der Waals surface area contributed by atoms with Gasteiger partial charge in [-0.2, -0.15) is 4.98 Å². The van der Waals surface area contributed by atoms with Crippen molar-refractivity contribution in [3.8, 4) is 0 Å². The summed E-state index contributed by atoms with van der Waals surface area (Å²) in [4.78, 5) is 8.82. The fourth-order valence-electron chi connectivity index (χ4n) is 1.57. The molecule has 0 radical (unpaired) electrons. The van der Waals surface area contributed by atoms with Gasteiger partial charge in [0.25, 0.3) is 0 Å². The van der Waals surface area contributed by atoms with Crippen LogP contribution < -0.4 is 10.6 Å². The third-order valence-corrected chi connectivity index (χ3v) is 2.82. The lowest BCUT2D eigenvalue weighted by Gasteiger charge is -2.13. The van der Waals surface area contributed by atoms with E-state index in [9.17, 15) is 0 Å². The molecule has 1 aliphatic carbocycles. The zero-order chi connectivity index (χ0) is 11.6. The van der Waals surface area contributed by atoms with E-state index >= 15 is 0 Å². The number of hydrogen-bond donors (Lipinski definition) is 2. The molecule has 4 nitrogen and oxygen atoms in total. The van der Waals surface area contributed by atoms with Crippen LogP contribution in [0.1, 0.15) is 38.8 Å². The normalized spacial score (nSPS) is 16.9. The van der Waals surface area contributed by atoms with Gasteiger partial charge in [-0.1, -0.05) is 6.92 Å². The molecule has 1 aromatic rings. The first-order valence-electron chi connectivity index (χ1n) is 5.99. The van der Waals surface area contributed by atoms with Gasteiger partial charge in [0, 0.05) is 23.8 Å². The van der Waals surface area contributed by atoms with Gasteiger partial charge in [0.1, 0.15) is 5.82 Å². The third kappa shape index (κ3) is 2.84. The quantitative estimate of drug-likeness (QED) is 0.800. The van der Waals surface area contributed by atoms with Crippen molar-refractivity contribution >= 4 is 11.8 Å². The second-order valence-electron chi connectivity index (χ2n) is 4.83. The first kappa shape index (κ1) is 11.2. The lowest BCUT2D eigenvalue weighted by atomic mass is 10.3. The molecule has 0 atom stereocenters. The molecular weight excluding hydrogens is 200 g/mol. The Morgan fingerprint density at radius 2 is 2.12 bits per heavy atom. The Bertz CT molecular complexity index is 371. The van der Waals surface area contributed by atoms with Crippen molar-refractivity contribution in [3.05, 3.63) is 11.8 Å². The van der Waals surface area contributed by atoms with E-state index in [4.69, 9.17) is 0 Å². The molecule has 2 rings (SSSR count). The lowest BCUT2D eigenvalue weighted by molar-refractivity contribution is 0.817. The Hall–Kier alpha value is -1.32. The van der Waals surface area contributed by atoms with Gasteiger partial charge >= 0.3 is 0 Å². The Kier molecular flexibility index (Phi) is 2.99. The van der Waals surface area contributed by atoms with Crippen LogP contribution in [0.5, 0.6) is 0 Å². The molecule has 0 spiro atoms. The number of nitrogens with one attached hydrogen (secondary N) is 2. The van der Waals surface area contributed by atoms with Gasteiger partial charge in [0.05, 0.1) is 0 Å². The van der Waals surface area contributed by atoms with Gasteiger partial charge in [-0.05, 0) is 33.1 Å². The first-order valence-corrected chi connectivity index (χ1v) is 5.99. The van der Waals surface area contributed by atoms with Crippen LogP contribution in [-0.4, -0.2) is 22.1 Å². The molecule has 1 aromatic heterocycles. The predicted molar refractivity (Wildman–Crippen MR) is 66.8 cm³/mol. The largest absolute Gasteiger partial charge is 0.365 e. The first-order chi connectivity index (χ1) is 7.61. The van der Waals surface area contributed by atoms with Gasteiger partial charge in [0.15, 0.2) is 0 Å². The molecule has 1 aliphatic rings. The lowest BCUT2D eigenvalue weighted by Crippen LogP contribution is -2.18. The van der Waals surface area contributed by atoms with Crippen LogP contribution in [0.25, 0.3) is 0 Å². The predicted octanol–water partition coefficient (Wildman–Crippen LogP) is 2.57. The maximum Gasteiger partial charge on any atom is 0.224 e. The topological polar surface area (TPSA) is 49.8 Å². The van der Waals surface area contributed by atoms with E-state index in [0.717, 1.165) is 30.4 Å². The van der Waals surface area contributed by atoms with Gasteiger partial charge in [-0.25, -0.2) is 4.98 Å². The summed E-state index contributed by atoms with van der Waals surface area (Å²) in [6, 6.07) is 2.00. The van der Waals surface area contributed by atoms with Crippen molar-refractivity contribution in [1.29, 1.82) is 0 Å². The molecule has 1 saturated carbocycles. The van der Waals surface area contributed by atoms with Gasteiger partial charge in [0.2, 0.25) is 5.95 Å². The van der Waals surface area contributed by atoms with E-state index in [2.05, 4.69) is 34.4 Å². The second-order valence-corrected chi connectivity index (χ2v) is 4.83. The van der Waals surface area contributed by atoms with E-state index < -0.39 is 0 Å². The van der Waals surface area contributed by atoms with Crippen LogP contribution >= 0.6 is 0 Å². The van der Waals surface area contributed by atoms with E-state index in [1.165, 1.54) is 12.8 Å². The van der Waals surface area contributed by atoms with Crippen molar-refractivity contribution in [1.82, 2.24) is 9.97 Å². The summed E-state index contributed by atoms with van der Waals surface area (Å²) in [5.41, 5.74) is 1.27. The van der Waals surface area contributed by atoms with Gasteiger partial charge in [-0.3, -0.25) is 0 Å². The Balaban J connectivity index is 2.08. The summed E-state index contributed by atoms with van der Waals surface area (Å²) < 4.78 is 0. The highest BCUT2D eigenvalue weighted by atomic mass is 15.2. The monoisotopic (exact) mass is 220 g/mol. The van der Waals surface area contributed by atoms with Crippen molar-refractivity contribution < 1.29 is 0 Å². The van der Waals surface area contributed by atoms with E-state index in [1.54, 1.807) is 0 Å². The summed E-state index contributed by atoms with van der Waals surface area (Å²) in [5, 5.41) is 6.68. The third-order valence-electron chi connectivity index (χ3n) is 2.82. The fraction of sp³-hybridized carbons (Fsp3) is 0.667. The molecule has 0 amide bonds. The molecule has 2 N–H and O–H groups in total. The van der Waals surface area contributed by atoms with Crippen molar-refractivity contribution in [2.24, 2.45) is 0 Å². The summed E-state index contributed by atoms with van der Waals surface area (Å²) in [7, 11) is 0. The number of anilines is 2. The minimum atomic E-state index is 0.267. The molecule has 0 aromatic carbocycles. The van der Waals surface area contributed by atoms with E-state index in [1.807, 2.05) is 13.0 Å². The van der Waals surface area contributed by atoms with E-state index in [-0.39, 0.29) is 5.54 Å². The zero-order valence-electron chi connectivity index (χ0n) is 10.3. The molecule has 1 fully saturated rings. The number of aryl methyl sites for hydroxylation is 1. The summed E-state index contributed by atoms with van der Waals surface area (Å²) in [6.45, 7) is 7.27. The number of hydrogen-bond acceptors (Lipinski definition) is 4. The van der Waals surface area contributed by atoms with Crippen LogP contribution in [0.4, 0.5) is 11.8 Å². The Morgan fingerprint density at radius 3 is 2.75 bits per heavy atom. The van der Waals surface area contributed by atoms with Crippen LogP contribution in [0.2, 0.25) is 0 Å². The number of nitrogens with zero attached hydrogens (tertiary/aromatic N) is 2. The molecule has 0 saturated heterocycles. The number of aromatic nitrogens is 2. The summed E-state index contributed by atoms with van der Waals surface area (Å²) in [6.07, 6.45) is 3.54. The minimum absolute atomic E-state index is 0.267. The van der Waals surface area contributed by atoms with Crippen molar-refractivity contribution in [2.75, 3.05) is 17.2 Å². The maximum absolute atomic E-state index is 4.46. The number of rotatable bonds is 5. The molecule has 16 heavy (non-hydrogen) atoms. The molecular formula is C12H20N4. The highest BCUT2D eigenvalue weighted by Gasteiger charge is 2.37. The molecule has 88 valence electrons. The Labute approximate surface area is 96.9 Å². The van der Waals surface area contributed by atoms with Crippen LogP contribution in [0.15, 0.2) is 6.07 Å². The molecule has 1 heterocycles. The molecule has 0 bridgehead atoms. The summed E-state index contributed by atoms with van der Waals surface area (Å²) >= 11 is 0. The van der Waals surface area contributed by atoms with Crippen LogP contribution in [0.3, 0.4) is 0 Å². The van der Waals surface area contributed by atoms with Gasteiger partial charge in [-0.15, -0.1) is 0 Å². The van der Waals surface area contributed by atoms with Crippen LogP contribution in [0, 0.1) is 6.92 Å². The minimum Gasteiger partial charge on any atom is -0.365 e. The summed E-state index contributed by atoms with van der Waals surface area (Å²) in [5.74, 6) is 1.67. The average Bonchev–Trinajstić information content (AvgIpc) is 2.92. The fourth-order valence-corrected chi connectivity index (χ4v) is 1.57. The Morgan fingerprint density at radius 1 is 1.38 bits per heavy atom. The molecule has 0 aliphatic heterocycles. The second kappa shape index (κ2) is 4.28. The maximum atomic E-state index is 4.46. The molecule has 4 heteroatoms. The van der Waals surface area contributed by atoms with E-state index in [0.29, 0.717) is 0 Å². The standard InChI is InChI=1S/C12H20N4/c1-4-7-13-11-14-9(2)8-10(15-11)16-12(3)5-6-12/h8H,4-7H2,1-3H3,(H2,13,14,15,16). The van der Waals surface area contributed by atoms with Gasteiger partial charge < -0.3 is 10.6 Å². The SMILES string of the molecule is CCCNc1nc(C)cc(NC2(C)CC2)n1. The average molecular weight is 220 g/mol. The zero-order valence-corrected chi connectivity index (χ0v) is 10.3. The van der Waals surface area contributed by atoms with Crippen LogP contribution in [-0.2, 0) is 0 Å². The van der Waals surface area contributed by atoms with Crippen molar-refractivity contribution in [3.63, 3.8) is 0 Å².